The maximum absolute atomic E-state index is 12.7. The molecule has 3 heterocycles. The fourth-order valence-corrected chi connectivity index (χ4v) is 3.29. The van der Waals surface area contributed by atoms with Gasteiger partial charge in [-0.15, -0.1) is 0 Å². The molecule has 3 amide bonds. The van der Waals surface area contributed by atoms with Gasteiger partial charge in [0.1, 0.15) is 18.4 Å². The van der Waals surface area contributed by atoms with Crippen LogP contribution in [-0.4, -0.2) is 38.8 Å². The third kappa shape index (κ3) is 2.51. The summed E-state index contributed by atoms with van der Waals surface area (Å²) >= 11 is 0. The Morgan fingerprint density at radius 2 is 2.08 bits per heavy atom. The Hall–Kier alpha value is -3.00. The summed E-state index contributed by atoms with van der Waals surface area (Å²) < 4.78 is 5.48. The molecule has 0 spiro atoms. The molecule has 0 bridgehead atoms. The second-order valence-electron chi connectivity index (χ2n) is 6.02. The maximum Gasteiger partial charge on any atom is 0.255 e. The number of nitrogens with zero attached hydrogens (tertiary/aromatic N) is 2. The van der Waals surface area contributed by atoms with Crippen molar-refractivity contribution in [2.45, 2.75) is 32.0 Å². The number of aliphatic hydroxyl groups is 1. The molecule has 1 unspecified atom stereocenters. The number of benzene rings is 1. The normalized spacial score (nSPS) is 20.0. The van der Waals surface area contributed by atoms with E-state index in [9.17, 15) is 14.4 Å². The predicted molar refractivity (Wildman–Crippen MR) is 83.9 cm³/mol. The van der Waals surface area contributed by atoms with Gasteiger partial charge in [-0.2, -0.15) is 0 Å². The van der Waals surface area contributed by atoms with Gasteiger partial charge in [0, 0.05) is 24.1 Å². The summed E-state index contributed by atoms with van der Waals surface area (Å²) in [5.41, 5.74) is 1.87. The first-order valence-corrected chi connectivity index (χ1v) is 7.91. The van der Waals surface area contributed by atoms with E-state index in [0.29, 0.717) is 29.2 Å². The summed E-state index contributed by atoms with van der Waals surface area (Å²) in [4.78, 5) is 41.8. The van der Waals surface area contributed by atoms with E-state index in [-0.39, 0.29) is 31.4 Å². The number of amides is 3. The Balaban J connectivity index is 1.68. The molecule has 2 aliphatic heterocycles. The van der Waals surface area contributed by atoms with Crippen molar-refractivity contribution in [3.05, 3.63) is 41.3 Å². The minimum atomic E-state index is -0.664. The summed E-state index contributed by atoms with van der Waals surface area (Å²) in [6, 6.07) is 4.54. The highest BCUT2D eigenvalue weighted by atomic mass is 16.4. The molecular formula is C17H15N3O5. The van der Waals surface area contributed by atoms with Crippen LogP contribution >= 0.6 is 0 Å². The number of fused-ring (bicyclic) bond motifs is 1. The fraction of sp³-hybridized carbons (Fsp3) is 0.294. The second-order valence-corrected chi connectivity index (χ2v) is 6.02. The lowest BCUT2D eigenvalue weighted by molar-refractivity contribution is -0.136. The molecule has 2 aromatic rings. The Kier molecular flexibility index (Phi) is 3.61. The minimum Gasteiger partial charge on any atom is -0.439 e. The van der Waals surface area contributed by atoms with Crippen molar-refractivity contribution < 1.29 is 23.9 Å². The van der Waals surface area contributed by atoms with E-state index in [4.69, 9.17) is 9.52 Å². The molecule has 25 heavy (non-hydrogen) atoms. The van der Waals surface area contributed by atoms with Gasteiger partial charge in [-0.05, 0) is 24.1 Å². The molecule has 0 aliphatic carbocycles. The summed E-state index contributed by atoms with van der Waals surface area (Å²) in [5.74, 6) is -0.363. The summed E-state index contributed by atoms with van der Waals surface area (Å²) in [6.45, 7) is -0.0171. The molecule has 0 saturated carbocycles. The van der Waals surface area contributed by atoms with Gasteiger partial charge < -0.3 is 14.4 Å². The quantitative estimate of drug-likeness (QED) is 0.790. The van der Waals surface area contributed by atoms with Crippen molar-refractivity contribution in [2.75, 3.05) is 0 Å². The number of hydrogen-bond donors (Lipinski definition) is 2. The van der Waals surface area contributed by atoms with E-state index < -0.39 is 11.9 Å². The summed E-state index contributed by atoms with van der Waals surface area (Å²) in [5, 5.41) is 11.4. The van der Waals surface area contributed by atoms with Crippen molar-refractivity contribution in [3.63, 3.8) is 0 Å². The molecule has 0 radical (unpaired) electrons. The second kappa shape index (κ2) is 5.82. The van der Waals surface area contributed by atoms with Crippen LogP contribution < -0.4 is 5.32 Å². The highest BCUT2D eigenvalue weighted by Gasteiger charge is 2.40. The van der Waals surface area contributed by atoms with Gasteiger partial charge in [-0.25, -0.2) is 4.98 Å². The third-order valence-corrected chi connectivity index (χ3v) is 4.52. The van der Waals surface area contributed by atoms with Crippen molar-refractivity contribution >= 4 is 17.7 Å². The molecule has 4 rings (SSSR count). The van der Waals surface area contributed by atoms with Gasteiger partial charge in [0.2, 0.25) is 17.7 Å². The van der Waals surface area contributed by atoms with Gasteiger partial charge in [-0.3, -0.25) is 19.7 Å². The van der Waals surface area contributed by atoms with E-state index in [1.165, 1.54) is 11.1 Å². The summed E-state index contributed by atoms with van der Waals surface area (Å²) in [6.07, 6.45) is 1.96. The van der Waals surface area contributed by atoms with Crippen LogP contribution in [0.2, 0.25) is 0 Å². The van der Waals surface area contributed by atoms with E-state index in [1.54, 1.807) is 18.2 Å². The summed E-state index contributed by atoms with van der Waals surface area (Å²) in [7, 11) is 0. The first-order chi connectivity index (χ1) is 12.1. The number of oxazole rings is 1. The van der Waals surface area contributed by atoms with Crippen LogP contribution in [0.25, 0.3) is 11.5 Å². The van der Waals surface area contributed by atoms with Crippen LogP contribution in [0.3, 0.4) is 0 Å². The molecule has 1 aromatic carbocycles. The highest BCUT2D eigenvalue weighted by molar-refractivity contribution is 6.06. The molecule has 1 saturated heterocycles. The largest absolute Gasteiger partial charge is 0.439 e. The van der Waals surface area contributed by atoms with Crippen molar-refractivity contribution in [2.24, 2.45) is 0 Å². The molecule has 1 atom stereocenters. The van der Waals surface area contributed by atoms with Gasteiger partial charge in [0.15, 0.2) is 0 Å². The Bertz CT molecular complexity index is 888. The Morgan fingerprint density at radius 1 is 1.28 bits per heavy atom. The average Bonchev–Trinajstić information content (AvgIpc) is 3.20. The van der Waals surface area contributed by atoms with Gasteiger partial charge >= 0.3 is 0 Å². The standard InChI is InChI=1S/C17H15N3O5/c21-8-9-6-18-16(25-9)10-2-1-3-11-12(10)7-20(17(11)24)13-4-5-14(22)19-15(13)23/h1-3,6,13,21H,4-5,7-8H2,(H,19,22,23). The molecule has 1 fully saturated rings. The van der Waals surface area contributed by atoms with E-state index in [0.717, 1.165) is 5.56 Å². The first-order valence-electron chi connectivity index (χ1n) is 7.91. The van der Waals surface area contributed by atoms with Gasteiger partial charge in [-0.1, -0.05) is 6.07 Å². The Labute approximate surface area is 142 Å². The zero-order valence-electron chi connectivity index (χ0n) is 13.2. The van der Waals surface area contributed by atoms with Crippen molar-refractivity contribution in [1.82, 2.24) is 15.2 Å². The van der Waals surface area contributed by atoms with Crippen LogP contribution in [0.15, 0.2) is 28.8 Å². The Morgan fingerprint density at radius 3 is 2.80 bits per heavy atom. The number of hydrogen-bond acceptors (Lipinski definition) is 6. The number of carbonyl (C=O) groups is 3. The molecule has 1 aromatic heterocycles. The third-order valence-electron chi connectivity index (χ3n) is 4.52. The van der Waals surface area contributed by atoms with Crippen LogP contribution in [0.4, 0.5) is 0 Å². The number of carbonyl (C=O) groups excluding carboxylic acids is 3. The predicted octanol–water partition coefficient (Wildman–Crippen LogP) is 0.595. The van der Waals surface area contributed by atoms with E-state index in [2.05, 4.69) is 10.3 Å². The lowest BCUT2D eigenvalue weighted by Crippen LogP contribution is -2.52. The van der Waals surface area contributed by atoms with E-state index in [1.807, 2.05) is 0 Å². The monoisotopic (exact) mass is 341 g/mol. The van der Waals surface area contributed by atoms with Crippen molar-refractivity contribution in [1.29, 1.82) is 0 Å². The first kappa shape index (κ1) is 15.5. The molecule has 2 aliphatic rings. The van der Waals surface area contributed by atoms with Crippen LogP contribution in [0.1, 0.15) is 34.5 Å². The van der Waals surface area contributed by atoms with Crippen LogP contribution in [-0.2, 0) is 22.7 Å². The number of piperidine rings is 1. The molecular weight excluding hydrogens is 326 g/mol. The van der Waals surface area contributed by atoms with Crippen molar-refractivity contribution in [3.8, 4) is 11.5 Å². The SMILES string of the molecule is O=C1CCC(N2Cc3c(cccc3-c3ncc(CO)o3)C2=O)C(=O)N1. The van der Waals surface area contributed by atoms with E-state index >= 15 is 0 Å². The lowest BCUT2D eigenvalue weighted by Gasteiger charge is -2.29. The topological polar surface area (TPSA) is 113 Å². The zero-order chi connectivity index (χ0) is 17.6. The van der Waals surface area contributed by atoms with Crippen LogP contribution in [0, 0.1) is 0 Å². The number of rotatable bonds is 3. The minimum absolute atomic E-state index is 0.211. The number of aliphatic hydroxyl groups excluding tert-OH is 1. The lowest BCUT2D eigenvalue weighted by atomic mass is 10.0. The average molecular weight is 341 g/mol. The molecule has 8 nitrogen and oxygen atoms in total. The number of nitrogens with one attached hydrogen (secondary N) is 1. The highest BCUT2D eigenvalue weighted by Crippen LogP contribution is 2.34. The van der Waals surface area contributed by atoms with Gasteiger partial charge in [0.05, 0.1) is 6.20 Å². The molecule has 8 heteroatoms. The number of aromatic nitrogens is 1. The molecule has 2 N–H and O–H groups in total. The smallest absolute Gasteiger partial charge is 0.255 e. The van der Waals surface area contributed by atoms with Gasteiger partial charge in [0.25, 0.3) is 5.91 Å². The molecule has 128 valence electrons. The fourth-order valence-electron chi connectivity index (χ4n) is 3.29. The number of imide groups is 1. The zero-order valence-corrected chi connectivity index (χ0v) is 13.2. The maximum atomic E-state index is 12.7. The van der Waals surface area contributed by atoms with Crippen LogP contribution in [0.5, 0.6) is 0 Å².